The van der Waals surface area contributed by atoms with Gasteiger partial charge < -0.3 is 15.4 Å². The molecule has 2 unspecified atom stereocenters. The maximum atomic E-state index is 12.4. The van der Waals surface area contributed by atoms with Crippen molar-refractivity contribution >= 4 is 16.8 Å². The van der Waals surface area contributed by atoms with Crippen LogP contribution >= 0.6 is 0 Å². The molecule has 0 saturated heterocycles. The van der Waals surface area contributed by atoms with E-state index in [1.165, 1.54) is 6.42 Å². The lowest BCUT2D eigenvalue weighted by Crippen LogP contribution is -2.41. The number of amides is 1. The number of rotatable bonds is 4. The van der Waals surface area contributed by atoms with Gasteiger partial charge in [-0.3, -0.25) is 4.79 Å². The molecule has 0 bridgehead atoms. The van der Waals surface area contributed by atoms with Crippen molar-refractivity contribution in [1.29, 1.82) is 0 Å². The third-order valence-corrected chi connectivity index (χ3v) is 4.77. The number of aromatic amines is 1. The predicted molar refractivity (Wildman–Crippen MR) is 87.6 cm³/mol. The number of para-hydroxylation sites is 1. The van der Waals surface area contributed by atoms with E-state index >= 15 is 0 Å². The summed E-state index contributed by atoms with van der Waals surface area (Å²) in [7, 11) is 0. The molecule has 2 atom stereocenters. The van der Waals surface area contributed by atoms with Gasteiger partial charge in [0.25, 0.3) is 0 Å². The molecule has 1 heterocycles. The van der Waals surface area contributed by atoms with Crippen LogP contribution in [0, 0.1) is 5.92 Å². The molecule has 1 fully saturated rings. The Morgan fingerprint density at radius 3 is 2.91 bits per heavy atom. The number of aliphatic hydroxyl groups excluding tert-OH is 1. The van der Waals surface area contributed by atoms with Gasteiger partial charge in [0.15, 0.2) is 0 Å². The zero-order valence-electron chi connectivity index (χ0n) is 12.8. The molecular weight excluding hydrogens is 276 g/mol. The average molecular weight is 300 g/mol. The van der Waals surface area contributed by atoms with E-state index in [4.69, 9.17) is 0 Å². The van der Waals surface area contributed by atoms with Crippen LogP contribution in [0.4, 0.5) is 0 Å². The lowest BCUT2D eigenvalue weighted by atomic mass is 9.95. The highest BCUT2D eigenvalue weighted by Gasteiger charge is 2.24. The minimum Gasteiger partial charge on any atom is -0.396 e. The van der Waals surface area contributed by atoms with E-state index in [0.717, 1.165) is 42.1 Å². The maximum Gasteiger partial charge on any atom is 0.224 e. The molecule has 1 aromatic heterocycles. The summed E-state index contributed by atoms with van der Waals surface area (Å²) in [4.78, 5) is 15.6. The molecule has 22 heavy (non-hydrogen) atoms. The standard InChI is InChI=1S/C18H24N2O2/c21-12-13-6-2-1-3-8-16(13)20-18(22)10-14-11-19-17-9-5-4-7-15(14)17/h4-5,7,9,11,13,16,19,21H,1-3,6,8,10,12H2,(H,20,22). The van der Waals surface area contributed by atoms with Crippen LogP contribution < -0.4 is 5.32 Å². The smallest absolute Gasteiger partial charge is 0.224 e. The number of hydrogen-bond donors (Lipinski definition) is 3. The Morgan fingerprint density at radius 1 is 1.23 bits per heavy atom. The van der Waals surface area contributed by atoms with Crippen LogP contribution in [0.1, 0.15) is 37.7 Å². The lowest BCUT2D eigenvalue weighted by Gasteiger charge is -2.24. The number of nitrogens with one attached hydrogen (secondary N) is 2. The largest absolute Gasteiger partial charge is 0.396 e. The number of fused-ring (bicyclic) bond motifs is 1. The summed E-state index contributed by atoms with van der Waals surface area (Å²) in [6, 6.07) is 8.15. The van der Waals surface area contributed by atoms with Crippen LogP contribution in [-0.2, 0) is 11.2 Å². The summed E-state index contributed by atoms with van der Waals surface area (Å²) in [5, 5.41) is 13.8. The Hall–Kier alpha value is -1.81. The highest BCUT2D eigenvalue weighted by atomic mass is 16.3. The van der Waals surface area contributed by atoms with Crippen molar-refractivity contribution in [3.63, 3.8) is 0 Å². The van der Waals surface area contributed by atoms with E-state index in [0.29, 0.717) is 6.42 Å². The van der Waals surface area contributed by atoms with Crippen molar-refractivity contribution < 1.29 is 9.90 Å². The fraction of sp³-hybridized carbons (Fsp3) is 0.500. The maximum absolute atomic E-state index is 12.4. The van der Waals surface area contributed by atoms with Crippen molar-refractivity contribution in [3.05, 3.63) is 36.0 Å². The lowest BCUT2D eigenvalue weighted by molar-refractivity contribution is -0.121. The predicted octanol–water partition coefficient (Wildman–Crippen LogP) is 2.77. The number of carbonyl (C=O) groups excluding carboxylic acids is 1. The van der Waals surface area contributed by atoms with E-state index in [9.17, 15) is 9.90 Å². The molecular formula is C18H24N2O2. The van der Waals surface area contributed by atoms with Crippen molar-refractivity contribution in [2.75, 3.05) is 6.61 Å². The molecule has 1 aromatic carbocycles. The first kappa shape index (κ1) is 15.1. The number of H-pyrrole nitrogens is 1. The Labute approximate surface area is 130 Å². The minimum atomic E-state index is 0.0510. The van der Waals surface area contributed by atoms with E-state index in [1.54, 1.807) is 0 Å². The molecule has 4 nitrogen and oxygen atoms in total. The molecule has 0 spiro atoms. The van der Waals surface area contributed by atoms with Crippen LogP contribution in [0.2, 0.25) is 0 Å². The van der Waals surface area contributed by atoms with Crippen LogP contribution in [-0.4, -0.2) is 28.6 Å². The first-order valence-electron chi connectivity index (χ1n) is 8.23. The second-order valence-corrected chi connectivity index (χ2v) is 6.29. The summed E-state index contributed by atoms with van der Waals surface area (Å²) in [5.41, 5.74) is 2.09. The zero-order chi connectivity index (χ0) is 15.4. The molecule has 1 saturated carbocycles. The van der Waals surface area contributed by atoms with Gasteiger partial charge in [-0.1, -0.05) is 37.5 Å². The van der Waals surface area contributed by atoms with Crippen LogP contribution in [0.3, 0.4) is 0 Å². The molecule has 0 radical (unpaired) electrons. The van der Waals surface area contributed by atoms with E-state index < -0.39 is 0 Å². The first-order valence-corrected chi connectivity index (χ1v) is 8.23. The van der Waals surface area contributed by atoms with Gasteiger partial charge >= 0.3 is 0 Å². The molecule has 1 aliphatic rings. The highest BCUT2D eigenvalue weighted by molar-refractivity contribution is 5.88. The van der Waals surface area contributed by atoms with Gasteiger partial charge in [-0.25, -0.2) is 0 Å². The van der Waals surface area contributed by atoms with Gasteiger partial charge in [0.05, 0.1) is 6.42 Å². The molecule has 1 aliphatic carbocycles. The van der Waals surface area contributed by atoms with Crippen LogP contribution in [0.15, 0.2) is 30.5 Å². The highest BCUT2D eigenvalue weighted by Crippen LogP contribution is 2.24. The summed E-state index contributed by atoms with van der Waals surface area (Å²) in [5.74, 6) is 0.254. The molecule has 1 amide bonds. The fourth-order valence-corrected chi connectivity index (χ4v) is 3.50. The normalized spacial score (nSPS) is 22.4. The second kappa shape index (κ2) is 6.97. The quantitative estimate of drug-likeness (QED) is 0.760. The van der Waals surface area contributed by atoms with Crippen LogP contribution in [0.25, 0.3) is 10.9 Å². The van der Waals surface area contributed by atoms with Gasteiger partial charge in [0.1, 0.15) is 0 Å². The molecule has 3 N–H and O–H groups in total. The third kappa shape index (κ3) is 3.33. The Balaban J connectivity index is 1.66. The SMILES string of the molecule is O=C(Cc1c[nH]c2ccccc12)NC1CCCCCC1CO. The number of benzene rings is 1. The second-order valence-electron chi connectivity index (χ2n) is 6.29. The topological polar surface area (TPSA) is 65.1 Å². The van der Waals surface area contributed by atoms with Gasteiger partial charge in [-0.15, -0.1) is 0 Å². The van der Waals surface area contributed by atoms with Crippen molar-refractivity contribution in [2.45, 2.75) is 44.6 Å². The molecule has 3 rings (SSSR count). The number of aliphatic hydroxyl groups is 1. The van der Waals surface area contributed by atoms with E-state index in [1.807, 2.05) is 30.5 Å². The molecule has 2 aromatic rings. The van der Waals surface area contributed by atoms with Crippen molar-refractivity contribution in [3.8, 4) is 0 Å². The third-order valence-electron chi connectivity index (χ3n) is 4.77. The Bertz CT molecular complexity index is 635. The van der Waals surface area contributed by atoms with Gasteiger partial charge in [-0.2, -0.15) is 0 Å². The van der Waals surface area contributed by atoms with E-state index in [2.05, 4.69) is 10.3 Å². The number of hydrogen-bond acceptors (Lipinski definition) is 2. The van der Waals surface area contributed by atoms with Crippen LogP contribution in [0.5, 0.6) is 0 Å². The van der Waals surface area contributed by atoms with Gasteiger partial charge in [0.2, 0.25) is 5.91 Å². The summed E-state index contributed by atoms with van der Waals surface area (Å²) in [6.45, 7) is 0.165. The number of carbonyl (C=O) groups is 1. The summed E-state index contributed by atoms with van der Waals surface area (Å²) in [6.07, 6.45) is 7.78. The number of aromatic nitrogens is 1. The van der Waals surface area contributed by atoms with E-state index in [-0.39, 0.29) is 24.5 Å². The molecule has 118 valence electrons. The summed E-state index contributed by atoms with van der Waals surface area (Å²) < 4.78 is 0. The molecule has 4 heteroatoms. The summed E-state index contributed by atoms with van der Waals surface area (Å²) >= 11 is 0. The average Bonchev–Trinajstić information content (AvgIpc) is 2.79. The molecule has 0 aliphatic heterocycles. The first-order chi connectivity index (χ1) is 10.8. The minimum absolute atomic E-state index is 0.0510. The van der Waals surface area contributed by atoms with Crippen molar-refractivity contribution in [1.82, 2.24) is 10.3 Å². The van der Waals surface area contributed by atoms with Gasteiger partial charge in [0, 0.05) is 35.7 Å². The van der Waals surface area contributed by atoms with Gasteiger partial charge in [-0.05, 0) is 24.5 Å². The Morgan fingerprint density at radius 2 is 2.05 bits per heavy atom. The zero-order valence-corrected chi connectivity index (χ0v) is 12.8. The monoisotopic (exact) mass is 300 g/mol. The fourth-order valence-electron chi connectivity index (χ4n) is 3.50. The van der Waals surface area contributed by atoms with Crippen molar-refractivity contribution in [2.24, 2.45) is 5.92 Å². The Kier molecular flexibility index (Phi) is 4.78.